The summed E-state index contributed by atoms with van der Waals surface area (Å²) in [6, 6.07) is 0.827. The molecule has 1 aliphatic carbocycles. The van der Waals surface area contributed by atoms with Crippen molar-refractivity contribution in [2.75, 3.05) is 18.1 Å². The summed E-state index contributed by atoms with van der Waals surface area (Å²) < 4.78 is 0. The lowest BCUT2D eigenvalue weighted by Crippen LogP contribution is -2.31. The fraction of sp³-hybridized carbons (Fsp3) is 1.00. The minimum absolute atomic E-state index is 0.827. The van der Waals surface area contributed by atoms with Gasteiger partial charge in [0.15, 0.2) is 0 Å². The van der Waals surface area contributed by atoms with Crippen LogP contribution in [0.15, 0.2) is 0 Å². The molecule has 0 aromatic heterocycles. The summed E-state index contributed by atoms with van der Waals surface area (Å²) in [6.07, 6.45) is 10.1. The first-order valence-electron chi connectivity index (χ1n) is 6.24. The van der Waals surface area contributed by atoms with E-state index in [2.05, 4.69) is 12.2 Å². The van der Waals surface area contributed by atoms with Gasteiger partial charge in [-0.25, -0.2) is 0 Å². The Bertz CT molecular complexity index is 119. The summed E-state index contributed by atoms with van der Waals surface area (Å²) >= 11 is 2.04. The Kier molecular flexibility index (Phi) is 7.61. The molecule has 0 radical (unpaired) electrons. The van der Waals surface area contributed by atoms with Gasteiger partial charge in [-0.1, -0.05) is 39.0 Å². The van der Waals surface area contributed by atoms with Gasteiger partial charge >= 0.3 is 0 Å². The highest BCUT2D eigenvalue weighted by molar-refractivity contribution is 7.99. The van der Waals surface area contributed by atoms with Crippen LogP contribution >= 0.6 is 11.8 Å². The maximum atomic E-state index is 3.70. The molecule has 0 aliphatic heterocycles. The lowest BCUT2D eigenvalue weighted by molar-refractivity contribution is 0.397. The van der Waals surface area contributed by atoms with Crippen molar-refractivity contribution in [3.05, 3.63) is 0 Å². The molecule has 1 nitrogen and oxygen atoms in total. The molecule has 0 spiro atoms. The van der Waals surface area contributed by atoms with Crippen molar-refractivity contribution in [1.29, 1.82) is 0 Å². The Morgan fingerprint density at radius 3 is 2.36 bits per heavy atom. The fourth-order valence-corrected chi connectivity index (χ4v) is 2.69. The molecule has 1 N–H and O–H groups in total. The Hall–Kier alpha value is 0.310. The van der Waals surface area contributed by atoms with Crippen molar-refractivity contribution < 1.29 is 0 Å². The highest BCUT2D eigenvalue weighted by atomic mass is 32.2. The van der Waals surface area contributed by atoms with Gasteiger partial charge < -0.3 is 5.32 Å². The standard InChI is InChI=1S/C12H25NS/c1-2-14-11-10-13-12-8-6-4-3-5-7-9-12/h12-13H,2-11H2,1H3. The molecule has 0 unspecified atom stereocenters. The van der Waals surface area contributed by atoms with E-state index in [1.54, 1.807) is 0 Å². The molecule has 0 heterocycles. The van der Waals surface area contributed by atoms with Crippen molar-refractivity contribution in [2.45, 2.75) is 57.9 Å². The zero-order valence-electron chi connectivity index (χ0n) is 9.56. The van der Waals surface area contributed by atoms with E-state index in [0.29, 0.717) is 0 Å². The van der Waals surface area contributed by atoms with Gasteiger partial charge in [0.05, 0.1) is 0 Å². The summed E-state index contributed by atoms with van der Waals surface area (Å²) in [6.45, 7) is 3.45. The first-order valence-corrected chi connectivity index (χ1v) is 7.40. The predicted octanol–water partition coefficient (Wildman–Crippen LogP) is 3.44. The summed E-state index contributed by atoms with van der Waals surface area (Å²) in [5.41, 5.74) is 0. The van der Waals surface area contributed by atoms with Gasteiger partial charge in [-0.15, -0.1) is 0 Å². The molecule has 1 fully saturated rings. The molecule has 2 heteroatoms. The third kappa shape index (κ3) is 5.92. The second-order valence-corrected chi connectivity index (χ2v) is 5.59. The lowest BCUT2D eigenvalue weighted by atomic mass is 9.97. The summed E-state index contributed by atoms with van der Waals surface area (Å²) in [5, 5.41) is 3.70. The molecule has 1 saturated carbocycles. The average Bonchev–Trinajstić information content (AvgIpc) is 2.15. The molecule has 14 heavy (non-hydrogen) atoms. The van der Waals surface area contributed by atoms with Gasteiger partial charge in [-0.2, -0.15) is 11.8 Å². The molecule has 1 rings (SSSR count). The Labute approximate surface area is 93.4 Å². The van der Waals surface area contributed by atoms with Gasteiger partial charge in [-0.05, 0) is 18.6 Å². The van der Waals surface area contributed by atoms with Crippen LogP contribution < -0.4 is 5.32 Å². The van der Waals surface area contributed by atoms with Crippen LogP contribution in [0.2, 0.25) is 0 Å². The summed E-state index contributed by atoms with van der Waals surface area (Å²) in [5.74, 6) is 2.54. The first-order chi connectivity index (χ1) is 6.93. The molecular weight excluding hydrogens is 190 g/mol. The van der Waals surface area contributed by atoms with Crippen LogP contribution in [0.4, 0.5) is 0 Å². The smallest absolute Gasteiger partial charge is 0.00673 e. The van der Waals surface area contributed by atoms with Crippen LogP contribution in [0.3, 0.4) is 0 Å². The minimum Gasteiger partial charge on any atom is -0.313 e. The molecule has 0 aromatic carbocycles. The Balaban J connectivity index is 2.02. The molecule has 0 atom stereocenters. The molecule has 0 aromatic rings. The average molecular weight is 215 g/mol. The number of thioether (sulfide) groups is 1. The van der Waals surface area contributed by atoms with Gasteiger partial charge in [0.1, 0.15) is 0 Å². The van der Waals surface area contributed by atoms with Gasteiger partial charge in [-0.3, -0.25) is 0 Å². The van der Waals surface area contributed by atoms with Crippen molar-refractivity contribution in [1.82, 2.24) is 5.32 Å². The molecule has 84 valence electrons. The normalized spacial score (nSPS) is 20.4. The van der Waals surface area contributed by atoms with E-state index in [9.17, 15) is 0 Å². The van der Waals surface area contributed by atoms with E-state index < -0.39 is 0 Å². The fourth-order valence-electron chi connectivity index (χ4n) is 2.14. The van der Waals surface area contributed by atoms with Crippen LogP contribution in [-0.4, -0.2) is 24.1 Å². The van der Waals surface area contributed by atoms with Crippen molar-refractivity contribution in [3.8, 4) is 0 Å². The first kappa shape index (κ1) is 12.4. The molecule has 0 amide bonds. The van der Waals surface area contributed by atoms with E-state index >= 15 is 0 Å². The quantitative estimate of drug-likeness (QED) is 0.705. The summed E-state index contributed by atoms with van der Waals surface area (Å²) in [7, 11) is 0. The van der Waals surface area contributed by atoms with E-state index in [1.165, 1.54) is 63.0 Å². The molecule has 0 saturated heterocycles. The van der Waals surface area contributed by atoms with Crippen LogP contribution in [0.1, 0.15) is 51.9 Å². The highest BCUT2D eigenvalue weighted by Crippen LogP contribution is 2.16. The Morgan fingerprint density at radius 1 is 1.07 bits per heavy atom. The highest BCUT2D eigenvalue weighted by Gasteiger charge is 2.09. The van der Waals surface area contributed by atoms with Crippen LogP contribution in [0.5, 0.6) is 0 Å². The third-order valence-electron chi connectivity index (χ3n) is 2.99. The Morgan fingerprint density at radius 2 is 1.71 bits per heavy atom. The van der Waals surface area contributed by atoms with Crippen LogP contribution in [0.25, 0.3) is 0 Å². The number of nitrogens with one attached hydrogen (secondary N) is 1. The molecule has 0 bridgehead atoms. The monoisotopic (exact) mass is 215 g/mol. The van der Waals surface area contributed by atoms with Crippen molar-refractivity contribution in [2.24, 2.45) is 0 Å². The SMILES string of the molecule is CCSCCNC1CCCCCCC1. The maximum Gasteiger partial charge on any atom is 0.00673 e. The van der Waals surface area contributed by atoms with E-state index in [4.69, 9.17) is 0 Å². The third-order valence-corrected chi connectivity index (χ3v) is 3.89. The second-order valence-electron chi connectivity index (χ2n) is 4.19. The van der Waals surface area contributed by atoms with Gasteiger partial charge in [0.25, 0.3) is 0 Å². The van der Waals surface area contributed by atoms with Crippen molar-refractivity contribution in [3.63, 3.8) is 0 Å². The van der Waals surface area contributed by atoms with Crippen LogP contribution in [-0.2, 0) is 0 Å². The van der Waals surface area contributed by atoms with Gasteiger partial charge in [0, 0.05) is 18.3 Å². The van der Waals surface area contributed by atoms with E-state index in [1.807, 2.05) is 11.8 Å². The number of hydrogen-bond donors (Lipinski definition) is 1. The van der Waals surface area contributed by atoms with E-state index in [0.717, 1.165) is 6.04 Å². The maximum absolute atomic E-state index is 3.70. The minimum atomic E-state index is 0.827. The zero-order valence-corrected chi connectivity index (χ0v) is 10.4. The summed E-state index contributed by atoms with van der Waals surface area (Å²) in [4.78, 5) is 0. The van der Waals surface area contributed by atoms with Crippen molar-refractivity contribution >= 4 is 11.8 Å². The van der Waals surface area contributed by atoms with Crippen LogP contribution in [0, 0.1) is 0 Å². The largest absolute Gasteiger partial charge is 0.313 e. The van der Waals surface area contributed by atoms with Gasteiger partial charge in [0.2, 0.25) is 0 Å². The molecular formula is C12H25NS. The van der Waals surface area contributed by atoms with E-state index in [-0.39, 0.29) is 0 Å². The topological polar surface area (TPSA) is 12.0 Å². The predicted molar refractivity (Wildman–Crippen MR) is 67.1 cm³/mol. The molecule has 1 aliphatic rings. The number of rotatable bonds is 5. The second kappa shape index (κ2) is 8.60. The zero-order chi connectivity index (χ0) is 10.1. The lowest BCUT2D eigenvalue weighted by Gasteiger charge is -2.20. The number of hydrogen-bond acceptors (Lipinski definition) is 2.